The number of unbranched alkanes of at least 4 members (excludes halogenated alkanes) is 11. The molecular formula is C45H73FN6O6S. The maximum atomic E-state index is 13.8. The molecule has 1 aromatic heterocycles. The molecule has 14 heteroatoms. The quantitative estimate of drug-likeness (QED) is 0.0444. The smallest absolute Gasteiger partial charge is 0.239 e. The van der Waals surface area contributed by atoms with Crippen LogP contribution in [-0.2, 0) is 19.6 Å². The van der Waals surface area contributed by atoms with E-state index in [-0.39, 0.29) is 36.5 Å². The van der Waals surface area contributed by atoms with Gasteiger partial charge in [-0.05, 0) is 69.3 Å². The average Bonchev–Trinajstić information content (AvgIpc) is 3.17. The number of aliphatic hydroxyl groups excluding tert-OH is 2. The number of hydrogen-bond acceptors (Lipinski definition) is 9. The summed E-state index contributed by atoms with van der Waals surface area (Å²) in [4.78, 5) is 35.9. The Hall–Kier alpha value is -3.72. The van der Waals surface area contributed by atoms with Gasteiger partial charge in [0.25, 0.3) is 0 Å². The summed E-state index contributed by atoms with van der Waals surface area (Å²) < 4.78 is 39.4. The van der Waals surface area contributed by atoms with Crippen LogP contribution in [0.2, 0.25) is 0 Å². The van der Waals surface area contributed by atoms with Gasteiger partial charge in [-0.15, -0.1) is 0 Å². The summed E-state index contributed by atoms with van der Waals surface area (Å²) >= 11 is 0. The predicted molar refractivity (Wildman–Crippen MR) is 238 cm³/mol. The van der Waals surface area contributed by atoms with Gasteiger partial charge in [-0.1, -0.05) is 96.4 Å². The fourth-order valence-corrected chi connectivity index (χ4v) is 6.84. The molecule has 0 saturated carbocycles. The Morgan fingerprint density at radius 3 is 1.97 bits per heavy atom. The highest BCUT2D eigenvalue weighted by atomic mass is 32.2. The minimum atomic E-state index is -3.68. The van der Waals surface area contributed by atoms with Gasteiger partial charge in [0.1, 0.15) is 5.82 Å². The monoisotopic (exact) mass is 845 g/mol. The predicted octanol–water partition coefficient (Wildman–Crippen LogP) is 7.52. The van der Waals surface area contributed by atoms with E-state index in [0.717, 1.165) is 36.2 Å². The van der Waals surface area contributed by atoms with Crippen molar-refractivity contribution in [1.82, 2.24) is 25.5 Å². The van der Waals surface area contributed by atoms with Crippen molar-refractivity contribution in [3.8, 4) is 11.3 Å². The first-order chi connectivity index (χ1) is 28.1. The highest BCUT2D eigenvalue weighted by Gasteiger charge is 2.23. The van der Waals surface area contributed by atoms with Crippen LogP contribution in [0.1, 0.15) is 141 Å². The molecule has 4 N–H and O–H groups in total. The fourth-order valence-electron chi connectivity index (χ4n) is 6.46. The van der Waals surface area contributed by atoms with Gasteiger partial charge in [0.05, 0.1) is 36.3 Å². The Morgan fingerprint density at radius 1 is 0.831 bits per heavy atom. The molecule has 0 aliphatic carbocycles. The number of likely N-dealkylation sites (N-methyl/N-ethyl adjacent to an activating group) is 1. The van der Waals surface area contributed by atoms with Gasteiger partial charge in [-0.3, -0.25) is 9.59 Å². The summed E-state index contributed by atoms with van der Waals surface area (Å²) in [6.07, 6.45) is 22.7. The first-order valence-corrected chi connectivity index (χ1v) is 23.5. The number of nitrogens with zero attached hydrogens (tertiary/aromatic N) is 4. The largest absolute Gasteiger partial charge is 0.392 e. The average molecular weight is 845 g/mol. The van der Waals surface area contributed by atoms with Gasteiger partial charge < -0.3 is 25.7 Å². The van der Waals surface area contributed by atoms with Crippen LogP contribution in [0, 0.1) is 5.82 Å². The van der Waals surface area contributed by atoms with E-state index in [4.69, 9.17) is 0 Å². The van der Waals surface area contributed by atoms with Crippen LogP contribution in [0.25, 0.3) is 17.3 Å². The lowest BCUT2D eigenvalue weighted by atomic mass is 9.97. The highest BCUT2D eigenvalue weighted by molar-refractivity contribution is 7.92. The van der Waals surface area contributed by atoms with Gasteiger partial charge in [-0.2, -0.15) is 0 Å². The van der Waals surface area contributed by atoms with Gasteiger partial charge in [0.2, 0.25) is 27.8 Å². The number of anilines is 1. The Morgan fingerprint density at radius 2 is 1.39 bits per heavy atom. The zero-order chi connectivity index (χ0) is 43.6. The summed E-state index contributed by atoms with van der Waals surface area (Å²) in [6.45, 7) is 8.10. The summed E-state index contributed by atoms with van der Waals surface area (Å²) in [5.74, 6) is -0.966. The van der Waals surface area contributed by atoms with Crippen molar-refractivity contribution in [2.75, 3.05) is 50.8 Å². The highest BCUT2D eigenvalue weighted by Crippen LogP contribution is 2.32. The van der Waals surface area contributed by atoms with E-state index < -0.39 is 28.0 Å². The van der Waals surface area contributed by atoms with E-state index >= 15 is 0 Å². The number of allylic oxidation sites excluding steroid dienone is 2. The number of carbonyl (C=O) groups excluding carboxylic acids is 2. The maximum Gasteiger partial charge on any atom is 0.239 e. The Kier molecular flexibility index (Phi) is 25.0. The second-order valence-electron chi connectivity index (χ2n) is 15.9. The number of halogens is 1. The Bertz CT molecular complexity index is 1690. The Labute approximate surface area is 354 Å². The molecule has 0 aliphatic rings. The van der Waals surface area contributed by atoms with Crippen molar-refractivity contribution >= 4 is 33.9 Å². The molecule has 2 amide bonds. The molecule has 0 fully saturated rings. The lowest BCUT2D eigenvalue weighted by Crippen LogP contribution is -2.38. The number of amides is 2. The first-order valence-electron chi connectivity index (χ1n) is 21.6. The molecule has 2 atom stereocenters. The van der Waals surface area contributed by atoms with Crippen LogP contribution in [0.3, 0.4) is 0 Å². The van der Waals surface area contributed by atoms with Crippen LogP contribution in [0.4, 0.5) is 10.3 Å². The molecule has 0 bridgehead atoms. The number of aromatic nitrogens is 2. The standard InChI is InChI=1S/C45H73FN6O6S/c1-7-8-9-10-11-12-13-14-15-16-17-18-19-20-21-22-41(55)47-29-31-51(4)32-30-48-42(56)34-39(54)33-38(53)27-28-40-43(35(2)3)49-45(52(5)59(6,57)58)50-44(40)36-23-25-37(46)26-24-36/h14-15,23-28,35,38-39,53-54H,7-13,16-22,29-34H2,1-6H3,(H,47,55)(H,48,56)/b15-14-,28-27+/t38-,39-/m1/s1. The Balaban J connectivity index is 1.69. The normalized spacial score (nSPS) is 13.1. The molecule has 59 heavy (non-hydrogen) atoms. The van der Waals surface area contributed by atoms with Crippen LogP contribution < -0.4 is 14.9 Å². The van der Waals surface area contributed by atoms with Gasteiger partial charge in [0, 0.05) is 57.2 Å². The number of carbonyl (C=O) groups is 2. The SMILES string of the molecule is CCCCCCCC/C=C\CCCCCCCC(=O)NCCN(C)CCNC(=O)C[C@H](O)C[C@H](O)/C=C/c1c(-c2ccc(F)cc2)nc(N(C)S(C)(=O)=O)nc1C(C)C. The molecule has 0 radical (unpaired) electrons. The van der Waals surface area contributed by atoms with Gasteiger partial charge in [-0.25, -0.2) is 27.1 Å². The second kappa shape index (κ2) is 28.7. The molecule has 2 rings (SSSR count). The number of hydrogen-bond donors (Lipinski definition) is 4. The third kappa shape index (κ3) is 21.9. The molecule has 0 unspecified atom stereocenters. The van der Waals surface area contributed by atoms with Crippen molar-refractivity contribution in [3.63, 3.8) is 0 Å². The van der Waals surface area contributed by atoms with E-state index in [0.29, 0.717) is 55.1 Å². The summed E-state index contributed by atoms with van der Waals surface area (Å²) in [5.41, 5.74) is 1.88. The van der Waals surface area contributed by atoms with E-state index in [1.54, 1.807) is 6.08 Å². The lowest BCUT2D eigenvalue weighted by Gasteiger charge is -2.20. The van der Waals surface area contributed by atoms with Crippen LogP contribution in [-0.4, -0.2) is 104 Å². The van der Waals surface area contributed by atoms with E-state index in [1.165, 1.54) is 95.2 Å². The third-order valence-corrected chi connectivity index (χ3v) is 11.3. The topological polar surface area (TPSA) is 165 Å². The number of nitrogens with one attached hydrogen (secondary N) is 2. The lowest BCUT2D eigenvalue weighted by molar-refractivity contribution is -0.123. The molecule has 332 valence electrons. The van der Waals surface area contributed by atoms with Crippen molar-refractivity contribution in [1.29, 1.82) is 0 Å². The van der Waals surface area contributed by atoms with Crippen LogP contribution >= 0.6 is 0 Å². The fraction of sp³-hybridized carbons (Fsp3) is 0.644. The summed E-state index contributed by atoms with van der Waals surface area (Å²) in [5, 5.41) is 27.2. The second-order valence-corrected chi connectivity index (χ2v) is 17.9. The van der Waals surface area contributed by atoms with E-state index in [1.807, 2.05) is 25.8 Å². The summed E-state index contributed by atoms with van der Waals surface area (Å²) in [7, 11) is -0.421. The molecule has 0 aliphatic heterocycles. The first kappa shape index (κ1) is 51.4. The minimum Gasteiger partial charge on any atom is -0.392 e. The minimum absolute atomic E-state index is 0.0491. The number of sulfonamides is 1. The van der Waals surface area contributed by atoms with Crippen molar-refractivity contribution in [3.05, 3.63) is 59.6 Å². The number of benzene rings is 1. The molecule has 12 nitrogen and oxygen atoms in total. The molecule has 2 aromatic rings. The van der Waals surface area contributed by atoms with E-state index in [2.05, 4.69) is 39.7 Å². The van der Waals surface area contributed by atoms with Crippen molar-refractivity contribution in [2.45, 2.75) is 142 Å². The van der Waals surface area contributed by atoms with Gasteiger partial charge in [0.15, 0.2) is 0 Å². The van der Waals surface area contributed by atoms with Crippen LogP contribution in [0.5, 0.6) is 0 Å². The zero-order valence-electron chi connectivity index (χ0n) is 36.6. The zero-order valence-corrected chi connectivity index (χ0v) is 37.4. The molecule has 0 spiro atoms. The molecular weight excluding hydrogens is 772 g/mol. The van der Waals surface area contributed by atoms with Crippen LogP contribution in [0.15, 0.2) is 42.5 Å². The summed E-state index contributed by atoms with van der Waals surface area (Å²) in [6, 6.07) is 5.60. The van der Waals surface area contributed by atoms with Crippen molar-refractivity contribution < 1.29 is 32.6 Å². The number of rotatable bonds is 31. The third-order valence-electron chi connectivity index (χ3n) is 10.1. The molecule has 0 saturated heterocycles. The van der Waals surface area contributed by atoms with Crippen molar-refractivity contribution in [2.24, 2.45) is 0 Å². The maximum absolute atomic E-state index is 13.8. The van der Waals surface area contributed by atoms with E-state index in [9.17, 15) is 32.6 Å². The molecule has 1 heterocycles. The van der Waals surface area contributed by atoms with Gasteiger partial charge >= 0.3 is 0 Å². The molecule has 1 aromatic carbocycles. The number of aliphatic hydroxyl groups is 2.